The molecule has 0 bridgehead atoms. The average Bonchev–Trinajstić information content (AvgIpc) is 2.16. The van der Waals surface area contributed by atoms with Gasteiger partial charge in [-0.15, -0.1) is 11.8 Å². The predicted octanol–water partition coefficient (Wildman–Crippen LogP) is 4.56. The zero-order valence-corrected chi connectivity index (χ0v) is 11.4. The highest BCUT2D eigenvalue weighted by atomic mass is 32.2. The van der Waals surface area contributed by atoms with Gasteiger partial charge in [0.05, 0.1) is 0 Å². The van der Waals surface area contributed by atoms with Gasteiger partial charge < -0.3 is 0 Å². The van der Waals surface area contributed by atoms with Crippen molar-refractivity contribution in [2.45, 2.75) is 50.2 Å². The fourth-order valence-electron chi connectivity index (χ4n) is 1.46. The first-order valence-corrected chi connectivity index (χ1v) is 6.56. The molecule has 0 N–H and O–H groups in total. The highest BCUT2D eigenvalue weighted by Crippen LogP contribution is 2.32. The first-order chi connectivity index (χ1) is 7.42. The normalized spacial score (nSPS) is 11.5. The van der Waals surface area contributed by atoms with Crippen molar-refractivity contribution in [3.63, 3.8) is 0 Å². The number of Topliss-reactive ketones (excluding diaryl/α,β-unsaturated/α-hetero) is 1. The minimum atomic E-state index is 0.187. The molecule has 0 aliphatic rings. The van der Waals surface area contributed by atoms with E-state index in [4.69, 9.17) is 0 Å². The zero-order valence-electron chi connectivity index (χ0n) is 10.5. The summed E-state index contributed by atoms with van der Waals surface area (Å²) >= 11 is 1.80. The average molecular weight is 236 g/mol. The quantitative estimate of drug-likeness (QED) is 0.563. The van der Waals surface area contributed by atoms with E-state index in [-0.39, 0.29) is 10.5 Å². The van der Waals surface area contributed by atoms with E-state index in [9.17, 15) is 4.79 Å². The molecule has 0 radical (unpaired) electrons. The summed E-state index contributed by atoms with van der Waals surface area (Å²) in [6, 6.07) is 7.95. The Kier molecular flexibility index (Phi) is 4.60. The van der Waals surface area contributed by atoms with Crippen LogP contribution < -0.4 is 0 Å². The lowest BCUT2D eigenvalue weighted by atomic mass is 10.1. The molecule has 1 aromatic carbocycles. The molecule has 0 aliphatic heterocycles. The molecule has 2 heteroatoms. The molecule has 0 saturated carbocycles. The predicted molar refractivity (Wildman–Crippen MR) is 71.3 cm³/mol. The van der Waals surface area contributed by atoms with Gasteiger partial charge in [0, 0.05) is 21.6 Å². The first kappa shape index (κ1) is 13.3. The molecule has 0 spiro atoms. The molecule has 0 fully saturated rings. The van der Waals surface area contributed by atoms with Crippen LogP contribution in [0.1, 0.15) is 50.9 Å². The van der Waals surface area contributed by atoms with Crippen LogP contribution in [0.5, 0.6) is 0 Å². The van der Waals surface area contributed by atoms with Crippen molar-refractivity contribution in [2.75, 3.05) is 0 Å². The second-order valence-electron chi connectivity index (χ2n) is 4.92. The highest BCUT2D eigenvalue weighted by Gasteiger charge is 2.13. The van der Waals surface area contributed by atoms with Gasteiger partial charge in [-0.25, -0.2) is 0 Å². The molecule has 0 aromatic heterocycles. The Morgan fingerprint density at radius 1 is 1.31 bits per heavy atom. The second-order valence-corrected chi connectivity index (χ2v) is 6.82. The lowest BCUT2D eigenvalue weighted by Gasteiger charge is -2.17. The smallest absolute Gasteiger partial charge is 0.162 e. The van der Waals surface area contributed by atoms with Crippen molar-refractivity contribution in [1.82, 2.24) is 0 Å². The summed E-state index contributed by atoms with van der Waals surface area (Å²) in [7, 11) is 0. The number of rotatable bonds is 4. The molecule has 88 valence electrons. The third-order valence-electron chi connectivity index (χ3n) is 2.06. The van der Waals surface area contributed by atoms with Gasteiger partial charge in [-0.2, -0.15) is 0 Å². The van der Waals surface area contributed by atoms with Crippen LogP contribution in [0, 0.1) is 0 Å². The number of hydrogen-bond donors (Lipinski definition) is 0. The van der Waals surface area contributed by atoms with Crippen molar-refractivity contribution in [2.24, 2.45) is 0 Å². The second kappa shape index (κ2) is 5.53. The van der Waals surface area contributed by atoms with Crippen LogP contribution in [0.3, 0.4) is 0 Å². The number of ketones is 1. The monoisotopic (exact) mass is 236 g/mol. The van der Waals surface area contributed by atoms with Gasteiger partial charge >= 0.3 is 0 Å². The van der Waals surface area contributed by atoms with E-state index in [1.807, 2.05) is 25.1 Å². The van der Waals surface area contributed by atoms with E-state index in [1.165, 1.54) is 4.90 Å². The number of hydrogen-bond acceptors (Lipinski definition) is 2. The van der Waals surface area contributed by atoms with Crippen LogP contribution in [0.4, 0.5) is 0 Å². The molecule has 1 aromatic rings. The Labute approximate surface area is 103 Å². The first-order valence-electron chi connectivity index (χ1n) is 5.74. The van der Waals surface area contributed by atoms with Crippen LogP contribution in [0.2, 0.25) is 0 Å². The minimum absolute atomic E-state index is 0.187. The van der Waals surface area contributed by atoms with Crippen LogP contribution in [-0.2, 0) is 0 Å². The number of carbonyl (C=O) groups is 1. The van der Waals surface area contributed by atoms with Crippen LogP contribution in [0.15, 0.2) is 29.2 Å². The molecule has 0 aliphatic carbocycles. The van der Waals surface area contributed by atoms with E-state index in [2.05, 4.69) is 26.8 Å². The Bertz CT molecular complexity index is 363. The minimum Gasteiger partial charge on any atom is -0.294 e. The largest absolute Gasteiger partial charge is 0.294 e. The zero-order chi connectivity index (χ0) is 12.2. The summed E-state index contributed by atoms with van der Waals surface area (Å²) in [5.74, 6) is 0.249. The number of carbonyl (C=O) groups excluding carboxylic acids is 1. The Morgan fingerprint density at radius 2 is 2.00 bits per heavy atom. The Morgan fingerprint density at radius 3 is 2.56 bits per heavy atom. The van der Waals surface area contributed by atoms with E-state index in [0.29, 0.717) is 6.42 Å². The summed E-state index contributed by atoms with van der Waals surface area (Å²) in [5, 5.41) is 0. The van der Waals surface area contributed by atoms with Gasteiger partial charge in [0.2, 0.25) is 0 Å². The summed E-state index contributed by atoms with van der Waals surface area (Å²) in [5.41, 5.74) is 0.844. The molecule has 1 nitrogen and oxygen atoms in total. The van der Waals surface area contributed by atoms with E-state index < -0.39 is 0 Å². The maximum absolute atomic E-state index is 11.8. The molecule has 0 atom stereocenters. The van der Waals surface area contributed by atoms with Crippen molar-refractivity contribution in [1.29, 1.82) is 0 Å². The van der Waals surface area contributed by atoms with Gasteiger partial charge in [-0.3, -0.25) is 4.79 Å². The third-order valence-corrected chi connectivity index (χ3v) is 3.16. The van der Waals surface area contributed by atoms with E-state index in [0.717, 1.165) is 12.0 Å². The highest BCUT2D eigenvalue weighted by molar-refractivity contribution is 8.00. The van der Waals surface area contributed by atoms with Crippen LogP contribution >= 0.6 is 11.8 Å². The standard InChI is InChI=1S/C14H20OS/c1-5-7-13(15)11-8-6-9-12(10-11)16-14(2,3)4/h6,8-10H,5,7H2,1-4H3. The van der Waals surface area contributed by atoms with Crippen molar-refractivity contribution in [3.8, 4) is 0 Å². The van der Waals surface area contributed by atoms with Crippen LogP contribution in [-0.4, -0.2) is 10.5 Å². The third kappa shape index (κ3) is 4.40. The van der Waals surface area contributed by atoms with Crippen LogP contribution in [0.25, 0.3) is 0 Å². The van der Waals surface area contributed by atoms with Crippen molar-refractivity contribution in [3.05, 3.63) is 29.8 Å². The SMILES string of the molecule is CCCC(=O)c1cccc(SC(C)(C)C)c1. The van der Waals surface area contributed by atoms with Gasteiger partial charge in [0.1, 0.15) is 0 Å². The summed E-state index contributed by atoms with van der Waals surface area (Å²) in [4.78, 5) is 12.9. The van der Waals surface area contributed by atoms with Crippen molar-refractivity contribution < 1.29 is 4.79 Å². The lowest BCUT2D eigenvalue weighted by molar-refractivity contribution is 0.0981. The summed E-state index contributed by atoms with van der Waals surface area (Å²) in [6.45, 7) is 8.57. The Hall–Kier alpha value is -0.760. The van der Waals surface area contributed by atoms with Gasteiger partial charge in [0.25, 0.3) is 0 Å². The molecular formula is C14H20OS. The van der Waals surface area contributed by atoms with E-state index >= 15 is 0 Å². The molecule has 16 heavy (non-hydrogen) atoms. The van der Waals surface area contributed by atoms with Gasteiger partial charge in [0.15, 0.2) is 5.78 Å². The van der Waals surface area contributed by atoms with Gasteiger partial charge in [-0.1, -0.05) is 39.8 Å². The maximum atomic E-state index is 11.8. The molecule has 1 rings (SSSR count). The summed E-state index contributed by atoms with van der Waals surface area (Å²) in [6.07, 6.45) is 1.55. The maximum Gasteiger partial charge on any atom is 0.162 e. The topological polar surface area (TPSA) is 17.1 Å². The number of thioether (sulfide) groups is 1. The fourth-order valence-corrected chi connectivity index (χ4v) is 2.50. The molecule has 0 amide bonds. The molecule has 0 heterocycles. The lowest BCUT2D eigenvalue weighted by Crippen LogP contribution is -2.07. The van der Waals surface area contributed by atoms with Gasteiger partial charge in [-0.05, 0) is 18.6 Å². The number of benzene rings is 1. The fraction of sp³-hybridized carbons (Fsp3) is 0.500. The summed E-state index contributed by atoms with van der Waals surface area (Å²) < 4.78 is 0.187. The van der Waals surface area contributed by atoms with E-state index in [1.54, 1.807) is 11.8 Å². The molecular weight excluding hydrogens is 216 g/mol. The molecule has 0 unspecified atom stereocenters. The molecule has 0 saturated heterocycles. The van der Waals surface area contributed by atoms with Crippen molar-refractivity contribution >= 4 is 17.5 Å². The Balaban J connectivity index is 2.83.